The first-order chi connectivity index (χ1) is 8.52. The molecular weight excluding hydrogens is 530 g/mol. The van der Waals surface area contributed by atoms with Crippen molar-refractivity contribution in [1.29, 1.82) is 0 Å². The van der Waals surface area contributed by atoms with Gasteiger partial charge >= 0.3 is 0 Å². The Hall–Kier alpha value is 1.28. The van der Waals surface area contributed by atoms with Gasteiger partial charge in [0.15, 0.2) is 0 Å². The Labute approximate surface area is 148 Å². The Bertz CT molecular complexity index is 464. The summed E-state index contributed by atoms with van der Waals surface area (Å²) in [6, 6.07) is 4.59. The van der Waals surface area contributed by atoms with Crippen LogP contribution < -0.4 is 5.32 Å². The molecule has 2 heterocycles. The van der Waals surface area contributed by atoms with Gasteiger partial charge in [0.2, 0.25) is 0 Å². The van der Waals surface area contributed by atoms with E-state index in [1.165, 1.54) is 9.75 Å². The molecule has 0 saturated heterocycles. The van der Waals surface area contributed by atoms with E-state index in [0.717, 1.165) is 23.1 Å². The molecule has 0 bridgehead atoms. The minimum atomic E-state index is 0.246. The van der Waals surface area contributed by atoms with Gasteiger partial charge in [0.1, 0.15) is 0 Å². The summed E-state index contributed by atoms with van der Waals surface area (Å²) < 4.78 is 4.49. The van der Waals surface area contributed by atoms with E-state index in [-0.39, 0.29) is 6.04 Å². The smallest absolute Gasteiger partial charge is 0.0843 e. The van der Waals surface area contributed by atoms with E-state index in [9.17, 15) is 0 Å². The summed E-state index contributed by atoms with van der Waals surface area (Å²) in [4.78, 5) is 2.61. The van der Waals surface area contributed by atoms with Crippen LogP contribution in [0.5, 0.6) is 0 Å². The molecule has 2 aromatic heterocycles. The van der Waals surface area contributed by atoms with Crippen LogP contribution in [0.4, 0.5) is 0 Å². The normalized spacial score (nSPS) is 11.4. The summed E-state index contributed by atoms with van der Waals surface area (Å²) in [6.45, 7) is 3.06. The highest BCUT2D eigenvalue weighted by Crippen LogP contribution is 2.42. The molecule has 0 unspecified atom stereocenters. The molecule has 0 atom stereocenters. The van der Waals surface area contributed by atoms with Crippen LogP contribution in [0.25, 0.3) is 0 Å². The Balaban J connectivity index is 2.39. The quantitative estimate of drug-likeness (QED) is 0.465. The van der Waals surface area contributed by atoms with Crippen molar-refractivity contribution in [3.63, 3.8) is 0 Å². The molecule has 0 radical (unpaired) electrons. The Kier molecular flexibility index (Phi) is 5.94. The average molecular weight is 539 g/mol. The predicted molar refractivity (Wildman–Crippen MR) is 95.0 cm³/mol. The third-order valence-electron chi connectivity index (χ3n) is 2.31. The van der Waals surface area contributed by atoms with Crippen LogP contribution in [0.1, 0.15) is 22.7 Å². The molecule has 2 aromatic rings. The van der Waals surface area contributed by atoms with E-state index < -0.39 is 0 Å². The van der Waals surface area contributed by atoms with Gasteiger partial charge in [-0.25, -0.2) is 0 Å². The van der Waals surface area contributed by atoms with Crippen LogP contribution in [0.3, 0.4) is 0 Å². The summed E-state index contributed by atoms with van der Waals surface area (Å²) in [7, 11) is 0. The highest BCUT2D eigenvalue weighted by molar-refractivity contribution is 9.13. The monoisotopic (exact) mass is 535 g/mol. The van der Waals surface area contributed by atoms with Gasteiger partial charge in [-0.2, -0.15) is 0 Å². The van der Waals surface area contributed by atoms with Gasteiger partial charge in [-0.1, -0.05) is 6.92 Å². The van der Waals surface area contributed by atoms with Crippen LogP contribution >= 0.6 is 86.4 Å². The molecule has 0 saturated carbocycles. The predicted octanol–water partition coefficient (Wildman–Crippen LogP) is 6.56. The average Bonchev–Trinajstić information content (AvgIpc) is 2.81. The topological polar surface area (TPSA) is 12.0 Å². The van der Waals surface area contributed by atoms with Crippen LogP contribution in [0.2, 0.25) is 0 Å². The highest BCUT2D eigenvalue weighted by Gasteiger charge is 2.20. The van der Waals surface area contributed by atoms with Gasteiger partial charge in [0.25, 0.3) is 0 Å². The van der Waals surface area contributed by atoms with Crippen molar-refractivity contribution in [3.8, 4) is 0 Å². The highest BCUT2D eigenvalue weighted by atomic mass is 79.9. The molecule has 2 rings (SSSR count). The second-order valence-electron chi connectivity index (χ2n) is 3.53. The van der Waals surface area contributed by atoms with E-state index in [2.05, 4.69) is 88.1 Å². The number of halogens is 4. The van der Waals surface area contributed by atoms with Crippen molar-refractivity contribution in [1.82, 2.24) is 5.32 Å². The molecule has 0 aliphatic heterocycles. The van der Waals surface area contributed by atoms with Crippen LogP contribution in [-0.2, 0) is 0 Å². The summed E-state index contributed by atoms with van der Waals surface area (Å²) >= 11 is 17.7. The second-order valence-corrected chi connectivity index (χ2v) is 10.0. The summed E-state index contributed by atoms with van der Waals surface area (Å²) in [5, 5.41) is 3.53. The number of rotatable bonds is 4. The summed E-state index contributed by atoms with van der Waals surface area (Å²) in [5.74, 6) is 0. The molecule has 18 heavy (non-hydrogen) atoms. The number of thiophene rings is 2. The molecule has 98 valence electrons. The maximum absolute atomic E-state index is 3.56. The lowest BCUT2D eigenvalue weighted by Crippen LogP contribution is -2.20. The lowest BCUT2D eigenvalue weighted by Gasteiger charge is -2.14. The van der Waals surface area contributed by atoms with Crippen molar-refractivity contribution in [2.45, 2.75) is 13.0 Å². The van der Waals surface area contributed by atoms with Gasteiger partial charge in [-0.15, -0.1) is 22.7 Å². The number of hydrogen-bond acceptors (Lipinski definition) is 3. The van der Waals surface area contributed by atoms with Crippen LogP contribution in [-0.4, -0.2) is 6.54 Å². The van der Waals surface area contributed by atoms with Crippen molar-refractivity contribution in [2.24, 2.45) is 0 Å². The molecule has 0 spiro atoms. The third-order valence-corrected chi connectivity index (χ3v) is 8.95. The van der Waals surface area contributed by atoms with Crippen molar-refractivity contribution in [2.75, 3.05) is 6.54 Å². The SMILES string of the molecule is CCNC(c1cc(Br)c(Br)s1)c1cc(Br)c(Br)s1. The fraction of sp³-hybridized carbons (Fsp3) is 0.273. The lowest BCUT2D eigenvalue weighted by molar-refractivity contribution is 0.648. The minimum absolute atomic E-state index is 0.246. The van der Waals surface area contributed by atoms with E-state index in [4.69, 9.17) is 0 Å². The maximum Gasteiger partial charge on any atom is 0.0843 e. The van der Waals surface area contributed by atoms with Gasteiger partial charge in [-0.3, -0.25) is 0 Å². The first kappa shape index (κ1) is 15.7. The maximum atomic E-state index is 3.56. The molecule has 0 aliphatic rings. The molecule has 0 amide bonds. The largest absolute Gasteiger partial charge is 0.305 e. The van der Waals surface area contributed by atoms with E-state index >= 15 is 0 Å². The zero-order chi connectivity index (χ0) is 13.3. The van der Waals surface area contributed by atoms with E-state index in [0.29, 0.717) is 0 Å². The Morgan fingerprint density at radius 2 is 1.44 bits per heavy atom. The minimum Gasteiger partial charge on any atom is -0.305 e. The zero-order valence-electron chi connectivity index (χ0n) is 9.27. The molecule has 7 heteroatoms. The molecule has 1 nitrogen and oxygen atoms in total. The number of nitrogens with one attached hydrogen (secondary N) is 1. The molecule has 1 N–H and O–H groups in total. The number of hydrogen-bond donors (Lipinski definition) is 1. The third kappa shape index (κ3) is 3.48. The zero-order valence-corrected chi connectivity index (χ0v) is 17.2. The van der Waals surface area contributed by atoms with Gasteiger partial charge in [-0.05, 0) is 82.4 Å². The Morgan fingerprint density at radius 1 is 1.00 bits per heavy atom. The standard InChI is InChI=1S/C11H9Br4NS2/c1-2-16-9(7-3-5(12)10(14)17-7)8-4-6(13)11(15)18-8/h3-4,9,16H,2H2,1H3. The lowest BCUT2D eigenvalue weighted by atomic mass is 10.2. The molecule has 0 aliphatic carbocycles. The van der Waals surface area contributed by atoms with E-state index in [1.54, 1.807) is 22.7 Å². The Morgan fingerprint density at radius 3 is 1.72 bits per heavy atom. The van der Waals surface area contributed by atoms with Gasteiger partial charge in [0, 0.05) is 18.7 Å². The first-order valence-electron chi connectivity index (χ1n) is 5.15. The van der Waals surface area contributed by atoms with Crippen LogP contribution in [0.15, 0.2) is 28.7 Å². The fourth-order valence-electron chi connectivity index (χ4n) is 1.56. The second kappa shape index (κ2) is 6.83. The first-order valence-corrected chi connectivity index (χ1v) is 9.96. The van der Waals surface area contributed by atoms with Crippen molar-refractivity contribution < 1.29 is 0 Å². The fourth-order valence-corrected chi connectivity index (χ4v) is 6.00. The molecule has 0 aromatic carbocycles. The van der Waals surface area contributed by atoms with Gasteiger partial charge < -0.3 is 5.32 Å². The summed E-state index contributed by atoms with van der Waals surface area (Å²) in [5.41, 5.74) is 0. The van der Waals surface area contributed by atoms with Crippen molar-refractivity contribution >= 4 is 86.4 Å². The summed E-state index contributed by atoms with van der Waals surface area (Å²) in [6.07, 6.45) is 0. The molecular formula is C11H9Br4NS2. The molecule has 0 fully saturated rings. The van der Waals surface area contributed by atoms with E-state index in [1.807, 2.05) is 0 Å². The van der Waals surface area contributed by atoms with Gasteiger partial charge in [0.05, 0.1) is 13.6 Å². The van der Waals surface area contributed by atoms with Crippen LogP contribution in [0, 0.1) is 0 Å². The van der Waals surface area contributed by atoms with Crippen molar-refractivity contribution in [3.05, 3.63) is 38.4 Å².